The molecule has 2 aromatic carbocycles. The second-order valence-electron chi connectivity index (χ2n) is 8.91. The van der Waals surface area contributed by atoms with Crippen molar-refractivity contribution in [2.24, 2.45) is 27.9 Å². The summed E-state index contributed by atoms with van der Waals surface area (Å²) in [5.74, 6) is -2.26. The molecule has 4 amide bonds. The van der Waals surface area contributed by atoms with Gasteiger partial charge in [0, 0.05) is 18.7 Å². The van der Waals surface area contributed by atoms with Crippen LogP contribution in [0.2, 0.25) is 0 Å². The zero-order chi connectivity index (χ0) is 28.6. The van der Waals surface area contributed by atoms with Crippen LogP contribution in [0.5, 0.6) is 0 Å². The van der Waals surface area contributed by atoms with Crippen LogP contribution < -0.4 is 33.6 Å². The lowest BCUT2D eigenvalue weighted by Gasteiger charge is -2.28. The first kappa shape index (κ1) is 30.8. The van der Waals surface area contributed by atoms with Crippen molar-refractivity contribution in [1.29, 1.82) is 0 Å². The molecule has 210 valence electrons. The number of benzene rings is 2. The van der Waals surface area contributed by atoms with Crippen molar-refractivity contribution >= 4 is 29.6 Å². The smallest absolute Gasteiger partial charge is 0.251 e. The van der Waals surface area contributed by atoms with Gasteiger partial charge in [-0.25, -0.2) is 0 Å². The number of nitrogens with two attached hydrogens (primary N) is 4. The molecule has 0 bridgehead atoms. The SMILES string of the molecule is NCCCCN(CC(=O)N[C@@H](C(N)=O)c1ccccc1)C(=O)[C@H](CCCN=C(N)N)NC(=O)c1ccccc1. The first-order chi connectivity index (χ1) is 18.7. The Balaban J connectivity index is 2.22. The number of carbonyl (C=O) groups is 4. The van der Waals surface area contributed by atoms with Gasteiger partial charge in [0.1, 0.15) is 12.1 Å². The van der Waals surface area contributed by atoms with Gasteiger partial charge in [-0.2, -0.15) is 0 Å². The van der Waals surface area contributed by atoms with Gasteiger partial charge >= 0.3 is 0 Å². The number of unbranched alkanes of at least 4 members (excludes halogenated alkanes) is 1. The van der Waals surface area contributed by atoms with E-state index in [9.17, 15) is 19.2 Å². The molecular formula is C27H38N8O4. The second kappa shape index (κ2) is 16.4. The second-order valence-corrected chi connectivity index (χ2v) is 8.91. The summed E-state index contributed by atoms with van der Waals surface area (Å²) in [5.41, 5.74) is 22.9. The van der Waals surface area contributed by atoms with E-state index in [0.717, 1.165) is 0 Å². The number of guanidine groups is 1. The van der Waals surface area contributed by atoms with Gasteiger partial charge in [-0.3, -0.25) is 24.2 Å². The molecule has 0 radical (unpaired) electrons. The van der Waals surface area contributed by atoms with E-state index in [0.29, 0.717) is 36.9 Å². The predicted octanol–water partition coefficient (Wildman–Crippen LogP) is -0.251. The number of primary amides is 1. The minimum atomic E-state index is -1.06. The quantitative estimate of drug-likeness (QED) is 0.0956. The van der Waals surface area contributed by atoms with E-state index in [4.69, 9.17) is 22.9 Å². The van der Waals surface area contributed by atoms with E-state index in [1.807, 2.05) is 0 Å². The van der Waals surface area contributed by atoms with Crippen molar-refractivity contribution in [3.63, 3.8) is 0 Å². The number of rotatable bonds is 16. The van der Waals surface area contributed by atoms with Gasteiger partial charge in [0.2, 0.25) is 17.7 Å². The molecule has 2 aromatic rings. The minimum absolute atomic E-state index is 0.0753. The van der Waals surface area contributed by atoms with Crippen LogP contribution in [0.4, 0.5) is 0 Å². The Labute approximate surface area is 228 Å². The zero-order valence-electron chi connectivity index (χ0n) is 21.9. The summed E-state index contributed by atoms with van der Waals surface area (Å²) in [6.07, 6.45) is 1.81. The molecule has 0 saturated heterocycles. The number of aliphatic imine (C=N–C) groups is 1. The van der Waals surface area contributed by atoms with Gasteiger partial charge in [-0.1, -0.05) is 48.5 Å². The molecule has 0 spiro atoms. The number of hydrogen-bond donors (Lipinski definition) is 6. The van der Waals surface area contributed by atoms with E-state index in [-0.39, 0.29) is 32.0 Å². The number of nitrogens with one attached hydrogen (secondary N) is 2. The van der Waals surface area contributed by atoms with Gasteiger partial charge in [0.05, 0.1) is 6.54 Å². The van der Waals surface area contributed by atoms with E-state index in [1.165, 1.54) is 4.90 Å². The van der Waals surface area contributed by atoms with Crippen molar-refractivity contribution in [3.05, 3.63) is 71.8 Å². The van der Waals surface area contributed by atoms with Crippen LogP contribution in [-0.4, -0.2) is 66.7 Å². The zero-order valence-corrected chi connectivity index (χ0v) is 21.9. The van der Waals surface area contributed by atoms with Gasteiger partial charge in [-0.15, -0.1) is 0 Å². The highest BCUT2D eigenvalue weighted by molar-refractivity contribution is 5.98. The summed E-state index contributed by atoms with van der Waals surface area (Å²) in [6.45, 7) is 0.560. The molecule has 0 aliphatic rings. The number of hydrogen-bond acceptors (Lipinski definition) is 6. The van der Waals surface area contributed by atoms with E-state index >= 15 is 0 Å². The molecule has 0 fully saturated rings. The molecule has 2 atom stereocenters. The lowest BCUT2D eigenvalue weighted by Crippen LogP contribution is -2.52. The summed E-state index contributed by atoms with van der Waals surface area (Å²) in [6, 6.07) is 15.0. The summed E-state index contributed by atoms with van der Waals surface area (Å²) in [7, 11) is 0. The van der Waals surface area contributed by atoms with Gasteiger partial charge in [-0.05, 0) is 49.9 Å². The molecule has 2 rings (SSSR count). The van der Waals surface area contributed by atoms with Crippen LogP contribution in [0.1, 0.15) is 47.6 Å². The average Bonchev–Trinajstić information content (AvgIpc) is 2.93. The largest absolute Gasteiger partial charge is 0.370 e. The molecule has 0 aromatic heterocycles. The normalized spacial score (nSPS) is 12.0. The third-order valence-corrected chi connectivity index (χ3v) is 5.84. The van der Waals surface area contributed by atoms with Crippen molar-refractivity contribution in [2.75, 3.05) is 26.2 Å². The van der Waals surface area contributed by atoms with Crippen molar-refractivity contribution in [2.45, 2.75) is 37.8 Å². The molecule has 12 nitrogen and oxygen atoms in total. The van der Waals surface area contributed by atoms with Crippen LogP contribution in [0.25, 0.3) is 0 Å². The fourth-order valence-electron chi connectivity index (χ4n) is 3.87. The fraction of sp³-hybridized carbons (Fsp3) is 0.370. The summed E-state index contributed by atoms with van der Waals surface area (Å²) >= 11 is 0. The molecule has 12 heteroatoms. The third kappa shape index (κ3) is 10.8. The third-order valence-electron chi connectivity index (χ3n) is 5.84. The van der Waals surface area contributed by atoms with Crippen LogP contribution in [0, 0.1) is 0 Å². The topological polar surface area (TPSA) is 212 Å². The average molecular weight is 539 g/mol. The Kier molecular flexibility index (Phi) is 12.9. The van der Waals surface area contributed by atoms with Crippen molar-refractivity contribution in [1.82, 2.24) is 15.5 Å². The molecule has 0 heterocycles. The van der Waals surface area contributed by atoms with Gasteiger partial charge in [0.25, 0.3) is 5.91 Å². The molecule has 0 saturated carbocycles. The van der Waals surface area contributed by atoms with Crippen LogP contribution in [0.15, 0.2) is 65.7 Å². The highest BCUT2D eigenvalue weighted by Crippen LogP contribution is 2.13. The van der Waals surface area contributed by atoms with E-state index in [2.05, 4.69) is 15.6 Å². The molecule has 10 N–H and O–H groups in total. The fourth-order valence-corrected chi connectivity index (χ4v) is 3.87. The Bertz CT molecular complexity index is 1110. The predicted molar refractivity (Wildman–Crippen MR) is 149 cm³/mol. The number of carbonyl (C=O) groups excluding carboxylic acids is 4. The Morgan fingerprint density at radius 3 is 2.08 bits per heavy atom. The monoisotopic (exact) mass is 538 g/mol. The van der Waals surface area contributed by atoms with Crippen LogP contribution in [-0.2, 0) is 14.4 Å². The minimum Gasteiger partial charge on any atom is -0.370 e. The van der Waals surface area contributed by atoms with Crippen LogP contribution in [0.3, 0.4) is 0 Å². The molecule has 39 heavy (non-hydrogen) atoms. The Morgan fingerprint density at radius 1 is 0.846 bits per heavy atom. The highest BCUT2D eigenvalue weighted by Gasteiger charge is 2.29. The first-order valence-electron chi connectivity index (χ1n) is 12.8. The maximum Gasteiger partial charge on any atom is 0.251 e. The molecular weight excluding hydrogens is 500 g/mol. The summed E-state index contributed by atoms with van der Waals surface area (Å²) in [5, 5.41) is 5.39. The van der Waals surface area contributed by atoms with E-state index in [1.54, 1.807) is 60.7 Å². The van der Waals surface area contributed by atoms with Crippen LogP contribution >= 0.6 is 0 Å². The molecule has 0 aliphatic carbocycles. The van der Waals surface area contributed by atoms with Gasteiger partial charge < -0.3 is 38.5 Å². The lowest BCUT2D eigenvalue weighted by atomic mass is 10.1. The lowest BCUT2D eigenvalue weighted by molar-refractivity contribution is -0.138. The van der Waals surface area contributed by atoms with Crippen molar-refractivity contribution in [3.8, 4) is 0 Å². The summed E-state index contributed by atoms with van der Waals surface area (Å²) in [4.78, 5) is 56.9. The first-order valence-corrected chi connectivity index (χ1v) is 12.8. The van der Waals surface area contributed by atoms with Crippen molar-refractivity contribution < 1.29 is 19.2 Å². The molecule has 0 unspecified atom stereocenters. The maximum atomic E-state index is 13.7. The Morgan fingerprint density at radius 2 is 1.49 bits per heavy atom. The number of nitrogens with zero attached hydrogens (tertiary/aromatic N) is 2. The number of amides is 4. The summed E-state index contributed by atoms with van der Waals surface area (Å²) < 4.78 is 0. The maximum absolute atomic E-state index is 13.7. The van der Waals surface area contributed by atoms with Gasteiger partial charge in [0.15, 0.2) is 5.96 Å². The van der Waals surface area contributed by atoms with E-state index < -0.39 is 35.7 Å². The molecule has 0 aliphatic heterocycles. The Hall–Kier alpha value is -4.45. The highest BCUT2D eigenvalue weighted by atomic mass is 16.2. The standard InChI is InChI=1S/C27H38N8O4/c28-15-7-8-17-35(18-22(36)34-23(24(29)37)19-10-3-1-4-11-19)26(39)21(14-9-16-32-27(30)31)33-25(38)20-12-5-2-6-13-20/h1-6,10-13,21,23H,7-9,14-18,28H2,(H2,29,37)(H,33,38)(H,34,36)(H4,30,31,32)/t21-,23+/m0/s1.